The van der Waals surface area contributed by atoms with E-state index in [4.69, 9.17) is 5.11 Å². The highest BCUT2D eigenvalue weighted by molar-refractivity contribution is 4.76. The normalized spacial score (nSPS) is 28.6. The molecule has 0 radical (unpaired) electrons. The van der Waals surface area contributed by atoms with Gasteiger partial charge in [-0.05, 0) is 50.1 Å². The van der Waals surface area contributed by atoms with Gasteiger partial charge in [-0.3, -0.25) is 0 Å². The van der Waals surface area contributed by atoms with Crippen LogP contribution in [0.3, 0.4) is 0 Å². The Morgan fingerprint density at radius 3 is 2.54 bits per heavy atom. The quantitative estimate of drug-likeness (QED) is 0.682. The molecule has 2 heteroatoms. The lowest BCUT2D eigenvalue weighted by Crippen LogP contribution is -2.25. The molecule has 0 aromatic carbocycles. The molecule has 0 heterocycles. The first-order valence-electron chi connectivity index (χ1n) is 5.54. The van der Waals surface area contributed by atoms with E-state index in [1.807, 2.05) is 0 Å². The van der Waals surface area contributed by atoms with Crippen LogP contribution in [0.15, 0.2) is 0 Å². The first-order chi connectivity index (χ1) is 6.22. The summed E-state index contributed by atoms with van der Waals surface area (Å²) in [6.07, 6.45) is 3.75. The van der Waals surface area contributed by atoms with E-state index in [1.54, 1.807) is 0 Å². The summed E-state index contributed by atoms with van der Waals surface area (Å²) in [5, 5.41) is 12.5. The van der Waals surface area contributed by atoms with Crippen molar-refractivity contribution >= 4 is 0 Å². The van der Waals surface area contributed by atoms with Crippen LogP contribution in [0.25, 0.3) is 0 Å². The highest BCUT2D eigenvalue weighted by atomic mass is 16.3. The third-order valence-electron chi connectivity index (χ3n) is 2.89. The molecule has 0 spiro atoms. The van der Waals surface area contributed by atoms with Crippen LogP contribution in [-0.2, 0) is 0 Å². The van der Waals surface area contributed by atoms with Crippen LogP contribution < -0.4 is 5.32 Å². The second-order valence-corrected chi connectivity index (χ2v) is 4.78. The van der Waals surface area contributed by atoms with Crippen LogP contribution in [0.1, 0.15) is 33.1 Å². The zero-order valence-electron chi connectivity index (χ0n) is 8.92. The summed E-state index contributed by atoms with van der Waals surface area (Å²) in [5.41, 5.74) is 0. The van der Waals surface area contributed by atoms with E-state index in [2.05, 4.69) is 19.2 Å². The minimum atomic E-state index is 0.390. The maximum atomic E-state index is 8.98. The Balaban J connectivity index is 2.03. The van der Waals surface area contributed by atoms with E-state index in [-0.39, 0.29) is 0 Å². The second kappa shape index (κ2) is 5.61. The molecular weight excluding hydrogens is 162 g/mol. The average molecular weight is 185 g/mol. The maximum Gasteiger partial charge on any atom is 0.0459 e. The average Bonchev–Trinajstić information content (AvgIpc) is 2.52. The lowest BCUT2D eigenvalue weighted by Gasteiger charge is -2.12. The fourth-order valence-electron chi connectivity index (χ4n) is 2.11. The Morgan fingerprint density at radius 1 is 1.31 bits per heavy atom. The van der Waals surface area contributed by atoms with Gasteiger partial charge in [0.15, 0.2) is 0 Å². The predicted octanol–water partition coefficient (Wildman–Crippen LogP) is 1.64. The lowest BCUT2D eigenvalue weighted by molar-refractivity contribution is 0.226. The van der Waals surface area contributed by atoms with Crippen molar-refractivity contribution in [1.29, 1.82) is 0 Å². The van der Waals surface area contributed by atoms with E-state index in [0.717, 1.165) is 24.9 Å². The summed E-state index contributed by atoms with van der Waals surface area (Å²) in [6.45, 7) is 7.13. The Bertz CT molecular complexity index is 136. The van der Waals surface area contributed by atoms with Crippen molar-refractivity contribution in [3.05, 3.63) is 0 Å². The monoisotopic (exact) mass is 185 g/mol. The molecule has 0 aromatic rings. The van der Waals surface area contributed by atoms with Crippen molar-refractivity contribution in [1.82, 2.24) is 5.32 Å². The van der Waals surface area contributed by atoms with Crippen LogP contribution in [0, 0.1) is 17.8 Å². The van der Waals surface area contributed by atoms with Gasteiger partial charge in [0.05, 0.1) is 0 Å². The molecule has 13 heavy (non-hydrogen) atoms. The van der Waals surface area contributed by atoms with Gasteiger partial charge in [0.1, 0.15) is 0 Å². The zero-order chi connectivity index (χ0) is 9.68. The van der Waals surface area contributed by atoms with E-state index >= 15 is 0 Å². The summed E-state index contributed by atoms with van der Waals surface area (Å²) in [7, 11) is 0. The SMILES string of the molecule is CC(C)CNCC1CCC(CO)C1. The number of rotatable bonds is 5. The summed E-state index contributed by atoms with van der Waals surface area (Å²) in [6, 6.07) is 0. The fourth-order valence-corrected chi connectivity index (χ4v) is 2.11. The van der Waals surface area contributed by atoms with Crippen LogP contribution in [0.5, 0.6) is 0 Å². The van der Waals surface area contributed by atoms with Gasteiger partial charge in [-0.25, -0.2) is 0 Å². The van der Waals surface area contributed by atoms with Gasteiger partial charge in [0, 0.05) is 6.61 Å². The Morgan fingerprint density at radius 2 is 2.00 bits per heavy atom. The van der Waals surface area contributed by atoms with E-state index < -0.39 is 0 Å². The molecule has 1 aliphatic carbocycles. The standard InChI is InChI=1S/C11H23NO/c1-9(2)6-12-7-10-3-4-11(5-10)8-13/h9-13H,3-8H2,1-2H3. The van der Waals surface area contributed by atoms with Gasteiger partial charge >= 0.3 is 0 Å². The molecule has 0 aromatic heterocycles. The molecule has 2 unspecified atom stereocenters. The van der Waals surface area contributed by atoms with Gasteiger partial charge in [0.25, 0.3) is 0 Å². The summed E-state index contributed by atoms with van der Waals surface area (Å²) in [4.78, 5) is 0. The van der Waals surface area contributed by atoms with Crippen molar-refractivity contribution in [3.8, 4) is 0 Å². The number of hydrogen-bond acceptors (Lipinski definition) is 2. The topological polar surface area (TPSA) is 32.3 Å². The van der Waals surface area contributed by atoms with Crippen molar-refractivity contribution < 1.29 is 5.11 Å². The smallest absolute Gasteiger partial charge is 0.0459 e. The zero-order valence-corrected chi connectivity index (χ0v) is 8.92. The highest BCUT2D eigenvalue weighted by Gasteiger charge is 2.23. The van der Waals surface area contributed by atoms with Crippen molar-refractivity contribution in [2.24, 2.45) is 17.8 Å². The molecule has 0 saturated heterocycles. The molecule has 0 aliphatic heterocycles. The van der Waals surface area contributed by atoms with Crippen LogP contribution in [-0.4, -0.2) is 24.8 Å². The van der Waals surface area contributed by atoms with Crippen molar-refractivity contribution in [2.75, 3.05) is 19.7 Å². The fraction of sp³-hybridized carbons (Fsp3) is 1.00. The van der Waals surface area contributed by atoms with Crippen molar-refractivity contribution in [3.63, 3.8) is 0 Å². The number of aliphatic hydroxyl groups excluding tert-OH is 1. The number of aliphatic hydroxyl groups is 1. The van der Waals surface area contributed by atoms with E-state index in [9.17, 15) is 0 Å². The van der Waals surface area contributed by atoms with Crippen LogP contribution >= 0.6 is 0 Å². The van der Waals surface area contributed by atoms with Gasteiger partial charge in [-0.2, -0.15) is 0 Å². The molecular formula is C11H23NO. The summed E-state index contributed by atoms with van der Waals surface area (Å²) < 4.78 is 0. The Kier molecular flexibility index (Phi) is 4.74. The minimum Gasteiger partial charge on any atom is -0.396 e. The van der Waals surface area contributed by atoms with Crippen LogP contribution in [0.4, 0.5) is 0 Å². The van der Waals surface area contributed by atoms with E-state index in [1.165, 1.54) is 19.3 Å². The Labute approximate surface area is 81.7 Å². The summed E-state index contributed by atoms with van der Waals surface area (Å²) in [5.74, 6) is 2.15. The molecule has 1 fully saturated rings. The number of hydrogen-bond donors (Lipinski definition) is 2. The van der Waals surface area contributed by atoms with Crippen molar-refractivity contribution in [2.45, 2.75) is 33.1 Å². The van der Waals surface area contributed by atoms with Gasteiger partial charge < -0.3 is 10.4 Å². The molecule has 2 atom stereocenters. The summed E-state index contributed by atoms with van der Waals surface area (Å²) >= 11 is 0. The second-order valence-electron chi connectivity index (χ2n) is 4.78. The molecule has 2 N–H and O–H groups in total. The minimum absolute atomic E-state index is 0.390. The molecule has 2 nitrogen and oxygen atoms in total. The molecule has 0 bridgehead atoms. The maximum absolute atomic E-state index is 8.98. The third-order valence-corrected chi connectivity index (χ3v) is 2.89. The first kappa shape index (κ1) is 11.0. The lowest BCUT2D eigenvalue weighted by atomic mass is 10.1. The third kappa shape index (κ3) is 4.10. The molecule has 0 amide bonds. The molecule has 1 saturated carbocycles. The van der Waals surface area contributed by atoms with Crippen LogP contribution in [0.2, 0.25) is 0 Å². The number of nitrogens with one attached hydrogen (secondary N) is 1. The molecule has 78 valence electrons. The molecule has 1 aliphatic rings. The predicted molar refractivity (Wildman–Crippen MR) is 55.6 cm³/mol. The van der Waals surface area contributed by atoms with Gasteiger partial charge in [-0.1, -0.05) is 13.8 Å². The van der Waals surface area contributed by atoms with Gasteiger partial charge in [0.2, 0.25) is 0 Å². The Hall–Kier alpha value is -0.0800. The molecule has 1 rings (SSSR count). The first-order valence-corrected chi connectivity index (χ1v) is 5.54. The van der Waals surface area contributed by atoms with Gasteiger partial charge in [-0.15, -0.1) is 0 Å². The van der Waals surface area contributed by atoms with E-state index in [0.29, 0.717) is 12.5 Å². The highest BCUT2D eigenvalue weighted by Crippen LogP contribution is 2.29. The largest absolute Gasteiger partial charge is 0.396 e.